The number of guanidine groups is 1. The summed E-state index contributed by atoms with van der Waals surface area (Å²) in [4.78, 5) is 6.86. The van der Waals surface area contributed by atoms with Gasteiger partial charge in [-0.25, -0.2) is 0 Å². The van der Waals surface area contributed by atoms with Gasteiger partial charge in [-0.1, -0.05) is 0 Å². The Bertz CT molecular complexity index is 283. The Morgan fingerprint density at radius 3 is 2.63 bits per heavy atom. The lowest BCUT2D eigenvalue weighted by Crippen LogP contribution is -2.45. The van der Waals surface area contributed by atoms with E-state index in [2.05, 4.69) is 55.4 Å². The van der Waals surface area contributed by atoms with E-state index in [1.165, 1.54) is 6.42 Å². The highest BCUT2D eigenvalue weighted by Crippen LogP contribution is 2.11. The van der Waals surface area contributed by atoms with E-state index in [-0.39, 0.29) is 5.54 Å². The van der Waals surface area contributed by atoms with E-state index in [1.807, 2.05) is 0 Å². The first-order valence-electron chi connectivity index (χ1n) is 7.27. The molecule has 5 nitrogen and oxygen atoms in total. The summed E-state index contributed by atoms with van der Waals surface area (Å²) in [6.45, 7) is 9.85. The van der Waals surface area contributed by atoms with Gasteiger partial charge >= 0.3 is 0 Å². The second-order valence-electron chi connectivity index (χ2n) is 5.92. The van der Waals surface area contributed by atoms with Gasteiger partial charge in [0.15, 0.2) is 5.96 Å². The summed E-state index contributed by atoms with van der Waals surface area (Å²) < 4.78 is 5.61. The SMILES string of the molecule is CCNC(=NCC(C)(C)N(C)C)NCC1CCCO1. The molecule has 0 radical (unpaired) electrons. The molecule has 0 aromatic carbocycles. The van der Waals surface area contributed by atoms with Gasteiger partial charge in [0.05, 0.1) is 12.6 Å². The van der Waals surface area contributed by atoms with Crippen molar-refractivity contribution in [3.8, 4) is 0 Å². The average Bonchev–Trinajstić information content (AvgIpc) is 2.85. The van der Waals surface area contributed by atoms with Gasteiger partial charge in [-0.2, -0.15) is 0 Å². The molecule has 2 N–H and O–H groups in total. The van der Waals surface area contributed by atoms with Crippen LogP contribution < -0.4 is 10.6 Å². The quantitative estimate of drug-likeness (QED) is 0.560. The lowest BCUT2D eigenvalue weighted by atomic mass is 10.1. The van der Waals surface area contributed by atoms with Crippen LogP contribution in [0.15, 0.2) is 4.99 Å². The summed E-state index contributed by atoms with van der Waals surface area (Å²) in [6.07, 6.45) is 2.66. The zero-order valence-corrected chi connectivity index (χ0v) is 13.1. The maximum atomic E-state index is 5.61. The summed E-state index contributed by atoms with van der Waals surface area (Å²) in [5.74, 6) is 0.882. The first-order chi connectivity index (χ1) is 8.95. The van der Waals surface area contributed by atoms with E-state index in [4.69, 9.17) is 4.74 Å². The molecule has 1 aliphatic heterocycles. The fourth-order valence-electron chi connectivity index (χ4n) is 1.77. The third kappa shape index (κ3) is 5.78. The lowest BCUT2D eigenvalue weighted by molar-refractivity contribution is 0.113. The van der Waals surface area contributed by atoms with Gasteiger partial charge in [-0.15, -0.1) is 0 Å². The van der Waals surface area contributed by atoms with Gasteiger partial charge in [0.25, 0.3) is 0 Å². The zero-order chi connectivity index (χ0) is 14.3. The average molecular weight is 270 g/mol. The normalized spacial score (nSPS) is 20.9. The number of hydrogen-bond donors (Lipinski definition) is 2. The summed E-state index contributed by atoms with van der Waals surface area (Å²) in [5.41, 5.74) is 0.0617. The van der Waals surface area contributed by atoms with Gasteiger partial charge in [0, 0.05) is 25.2 Å². The first kappa shape index (κ1) is 16.2. The topological polar surface area (TPSA) is 48.9 Å². The van der Waals surface area contributed by atoms with E-state index in [9.17, 15) is 0 Å². The fourth-order valence-corrected chi connectivity index (χ4v) is 1.77. The highest BCUT2D eigenvalue weighted by Gasteiger charge is 2.20. The fraction of sp³-hybridized carbons (Fsp3) is 0.929. The number of ether oxygens (including phenoxy) is 1. The van der Waals surface area contributed by atoms with Crippen LogP contribution in [0, 0.1) is 0 Å². The number of aliphatic imine (C=N–C) groups is 1. The molecule has 1 heterocycles. The van der Waals surface area contributed by atoms with Gasteiger partial charge in [0.2, 0.25) is 0 Å². The molecule has 0 aromatic rings. The van der Waals surface area contributed by atoms with Crippen LogP contribution in [0.5, 0.6) is 0 Å². The molecule has 0 saturated carbocycles. The second kappa shape index (κ2) is 7.70. The van der Waals surface area contributed by atoms with Crippen molar-refractivity contribution >= 4 is 5.96 Å². The summed E-state index contributed by atoms with van der Waals surface area (Å²) in [6, 6.07) is 0. The highest BCUT2D eigenvalue weighted by molar-refractivity contribution is 5.79. The van der Waals surface area contributed by atoms with Crippen molar-refractivity contribution in [3.63, 3.8) is 0 Å². The van der Waals surface area contributed by atoms with E-state index >= 15 is 0 Å². The zero-order valence-electron chi connectivity index (χ0n) is 13.1. The predicted octanol–water partition coefficient (Wildman–Crippen LogP) is 1.06. The molecule has 1 aliphatic rings. The molecule has 0 bridgehead atoms. The lowest BCUT2D eigenvalue weighted by Gasteiger charge is -2.31. The minimum atomic E-state index is 0.0617. The highest BCUT2D eigenvalue weighted by atomic mass is 16.5. The van der Waals surface area contributed by atoms with Crippen LogP contribution in [0.25, 0.3) is 0 Å². The molecule has 0 spiro atoms. The Hall–Kier alpha value is -0.810. The van der Waals surface area contributed by atoms with Crippen molar-refractivity contribution in [2.24, 2.45) is 4.99 Å². The first-order valence-corrected chi connectivity index (χ1v) is 7.27. The minimum absolute atomic E-state index is 0.0617. The molecule has 0 amide bonds. The van der Waals surface area contributed by atoms with E-state index in [1.54, 1.807) is 0 Å². The molecule has 5 heteroatoms. The van der Waals surface area contributed by atoms with E-state index in [0.29, 0.717) is 6.10 Å². The van der Waals surface area contributed by atoms with Crippen molar-refractivity contribution in [1.29, 1.82) is 0 Å². The van der Waals surface area contributed by atoms with Crippen molar-refractivity contribution in [2.75, 3.05) is 40.3 Å². The Morgan fingerprint density at radius 1 is 1.37 bits per heavy atom. The van der Waals surface area contributed by atoms with Gasteiger partial charge in [-0.05, 0) is 47.7 Å². The Morgan fingerprint density at radius 2 is 2.11 bits per heavy atom. The van der Waals surface area contributed by atoms with Crippen molar-refractivity contribution in [1.82, 2.24) is 15.5 Å². The van der Waals surface area contributed by atoms with Gasteiger partial charge in [-0.3, -0.25) is 4.99 Å². The number of nitrogens with one attached hydrogen (secondary N) is 2. The molecule has 1 saturated heterocycles. The minimum Gasteiger partial charge on any atom is -0.376 e. The predicted molar refractivity (Wildman–Crippen MR) is 80.7 cm³/mol. The maximum Gasteiger partial charge on any atom is 0.191 e. The summed E-state index contributed by atoms with van der Waals surface area (Å²) in [5, 5.41) is 6.65. The number of hydrogen-bond acceptors (Lipinski definition) is 3. The molecule has 1 fully saturated rings. The number of rotatable bonds is 6. The molecule has 0 aromatic heterocycles. The van der Waals surface area contributed by atoms with Crippen LogP contribution in [0.2, 0.25) is 0 Å². The van der Waals surface area contributed by atoms with Crippen LogP contribution >= 0.6 is 0 Å². The maximum absolute atomic E-state index is 5.61. The monoisotopic (exact) mass is 270 g/mol. The molecule has 1 rings (SSSR count). The summed E-state index contributed by atoms with van der Waals surface area (Å²) >= 11 is 0. The Kier molecular flexibility index (Phi) is 6.58. The molecule has 0 aliphatic carbocycles. The van der Waals surface area contributed by atoms with Crippen molar-refractivity contribution in [3.05, 3.63) is 0 Å². The van der Waals surface area contributed by atoms with Gasteiger partial charge < -0.3 is 20.3 Å². The molecular weight excluding hydrogens is 240 g/mol. The standard InChI is InChI=1S/C14H30N4O/c1-6-15-13(16-10-12-8-7-9-19-12)17-11-14(2,3)18(4)5/h12H,6-11H2,1-5H3,(H2,15,16,17). The second-order valence-corrected chi connectivity index (χ2v) is 5.92. The van der Waals surface area contributed by atoms with Crippen LogP contribution in [0.1, 0.15) is 33.6 Å². The number of nitrogens with zero attached hydrogens (tertiary/aromatic N) is 2. The van der Waals surface area contributed by atoms with Gasteiger partial charge in [0.1, 0.15) is 0 Å². The van der Waals surface area contributed by atoms with E-state index < -0.39 is 0 Å². The number of likely N-dealkylation sites (N-methyl/N-ethyl adjacent to an activating group) is 1. The summed E-state index contributed by atoms with van der Waals surface area (Å²) in [7, 11) is 4.17. The Balaban J connectivity index is 2.45. The molecule has 19 heavy (non-hydrogen) atoms. The third-order valence-corrected chi connectivity index (χ3v) is 3.70. The van der Waals surface area contributed by atoms with Crippen LogP contribution in [0.4, 0.5) is 0 Å². The van der Waals surface area contributed by atoms with Crippen molar-refractivity contribution < 1.29 is 4.74 Å². The molecule has 112 valence electrons. The third-order valence-electron chi connectivity index (χ3n) is 3.70. The van der Waals surface area contributed by atoms with E-state index in [0.717, 1.165) is 38.6 Å². The van der Waals surface area contributed by atoms with Crippen LogP contribution in [-0.2, 0) is 4.74 Å². The smallest absolute Gasteiger partial charge is 0.191 e. The molecule has 1 unspecified atom stereocenters. The molecule has 1 atom stereocenters. The largest absolute Gasteiger partial charge is 0.376 e. The van der Waals surface area contributed by atoms with Crippen molar-refractivity contribution in [2.45, 2.75) is 45.3 Å². The van der Waals surface area contributed by atoms with Crippen LogP contribution in [0.3, 0.4) is 0 Å². The molecular formula is C14H30N4O. The Labute approximate surface area is 117 Å². The van der Waals surface area contributed by atoms with Crippen LogP contribution in [-0.4, -0.2) is 62.8 Å².